The summed E-state index contributed by atoms with van der Waals surface area (Å²) in [7, 11) is -0.986. The van der Waals surface area contributed by atoms with Crippen LogP contribution in [0.1, 0.15) is 41.0 Å². The van der Waals surface area contributed by atoms with E-state index in [9.17, 15) is 9.00 Å². The molecular formula is C19H31NO5S. The first kappa shape index (κ1) is 22.4. The largest absolute Gasteiger partial charge is 0.493 e. The predicted octanol–water partition coefficient (Wildman–Crippen LogP) is 3.01. The van der Waals surface area contributed by atoms with E-state index in [0.717, 1.165) is 17.1 Å². The molecule has 6 nitrogen and oxygen atoms in total. The van der Waals surface area contributed by atoms with Crippen LogP contribution in [0.5, 0.6) is 5.75 Å². The Bertz CT molecular complexity index is 636. The van der Waals surface area contributed by atoms with Gasteiger partial charge < -0.3 is 19.8 Å². The van der Waals surface area contributed by atoms with Crippen molar-refractivity contribution >= 4 is 16.9 Å². The lowest BCUT2D eigenvalue weighted by Crippen LogP contribution is -2.45. The van der Waals surface area contributed by atoms with Crippen LogP contribution in [0.25, 0.3) is 0 Å². The molecule has 0 radical (unpaired) electrons. The van der Waals surface area contributed by atoms with Crippen LogP contribution >= 0.6 is 0 Å². The molecule has 26 heavy (non-hydrogen) atoms. The molecule has 1 fully saturated rings. The minimum absolute atomic E-state index is 0. The van der Waals surface area contributed by atoms with E-state index in [4.69, 9.17) is 9.47 Å². The summed E-state index contributed by atoms with van der Waals surface area (Å²) < 4.78 is 22.8. The number of nitrogens with zero attached hydrogens (tertiary/aromatic N) is 1. The number of hydrogen-bond acceptors (Lipinski definition) is 4. The lowest BCUT2D eigenvalue weighted by molar-refractivity contribution is 0.0130. The fraction of sp³-hybridized carbons (Fsp3) is 0.632. The molecule has 1 heterocycles. The van der Waals surface area contributed by atoms with Crippen LogP contribution in [-0.4, -0.2) is 51.2 Å². The zero-order chi connectivity index (χ0) is 18.8. The number of benzene rings is 1. The highest BCUT2D eigenvalue weighted by molar-refractivity contribution is 7.84. The maximum absolute atomic E-state index is 12.4. The van der Waals surface area contributed by atoms with Gasteiger partial charge in [-0.25, -0.2) is 4.79 Å². The summed E-state index contributed by atoms with van der Waals surface area (Å²) in [6.07, 6.45) is 2.25. The van der Waals surface area contributed by atoms with Crippen molar-refractivity contribution in [1.29, 1.82) is 0 Å². The molecule has 0 bridgehead atoms. The number of rotatable bonds is 4. The molecule has 0 aromatic heterocycles. The van der Waals surface area contributed by atoms with E-state index in [2.05, 4.69) is 13.8 Å². The standard InChI is InChI=1S/C19H29NO4S.H2O/c1-18(2,3)24-17(21)20-12-14(11-19(20,4)5)13-23-15-7-9-16(10-8-15)25(6)22;/h7-10,14H,11-13H2,1-6H3;1H2. The van der Waals surface area contributed by atoms with Gasteiger partial charge in [-0.3, -0.25) is 4.21 Å². The fourth-order valence-electron chi connectivity index (χ4n) is 3.08. The Morgan fingerprint density at radius 1 is 1.27 bits per heavy atom. The summed E-state index contributed by atoms with van der Waals surface area (Å²) in [5.41, 5.74) is -0.748. The molecule has 1 aromatic carbocycles. The van der Waals surface area contributed by atoms with Gasteiger partial charge in [0.2, 0.25) is 0 Å². The second-order valence-corrected chi connectivity index (χ2v) is 9.59. The van der Waals surface area contributed by atoms with E-state index in [1.165, 1.54) is 0 Å². The van der Waals surface area contributed by atoms with Crippen LogP contribution in [-0.2, 0) is 15.5 Å². The lowest BCUT2D eigenvalue weighted by Gasteiger charge is -2.33. The van der Waals surface area contributed by atoms with Crippen LogP contribution in [0, 0.1) is 5.92 Å². The Labute approximate surface area is 158 Å². The summed E-state index contributed by atoms with van der Waals surface area (Å²) in [5.74, 6) is 1.00. The maximum atomic E-state index is 12.4. The minimum atomic E-state index is -0.986. The van der Waals surface area contributed by atoms with Crippen molar-refractivity contribution in [3.05, 3.63) is 24.3 Å². The molecule has 1 aliphatic heterocycles. The number of ether oxygens (including phenoxy) is 2. The smallest absolute Gasteiger partial charge is 0.410 e. The van der Waals surface area contributed by atoms with Crippen LogP contribution in [0.3, 0.4) is 0 Å². The Morgan fingerprint density at radius 2 is 1.85 bits per heavy atom. The van der Waals surface area contributed by atoms with Gasteiger partial charge in [-0.05, 0) is 65.3 Å². The molecule has 2 unspecified atom stereocenters. The van der Waals surface area contributed by atoms with E-state index in [1.54, 1.807) is 11.2 Å². The monoisotopic (exact) mass is 385 g/mol. The first-order chi connectivity index (χ1) is 11.5. The van der Waals surface area contributed by atoms with E-state index < -0.39 is 16.4 Å². The molecule has 1 aliphatic rings. The van der Waals surface area contributed by atoms with E-state index >= 15 is 0 Å². The molecule has 2 rings (SSSR count). The van der Waals surface area contributed by atoms with Crippen LogP contribution < -0.4 is 4.74 Å². The molecule has 148 valence electrons. The second-order valence-electron chi connectivity index (χ2n) is 8.21. The van der Waals surface area contributed by atoms with Gasteiger partial charge >= 0.3 is 6.09 Å². The molecular weight excluding hydrogens is 354 g/mol. The number of amides is 1. The summed E-state index contributed by atoms with van der Waals surface area (Å²) in [6.45, 7) is 10.9. The molecule has 1 amide bonds. The van der Waals surface area contributed by atoms with Gasteiger partial charge in [0.15, 0.2) is 0 Å². The highest BCUT2D eigenvalue weighted by atomic mass is 32.2. The van der Waals surface area contributed by atoms with E-state index in [0.29, 0.717) is 13.2 Å². The summed E-state index contributed by atoms with van der Waals surface area (Å²) in [6, 6.07) is 7.30. The molecule has 2 N–H and O–H groups in total. The fourth-order valence-corrected chi connectivity index (χ4v) is 3.60. The van der Waals surface area contributed by atoms with E-state index in [-0.39, 0.29) is 23.0 Å². The number of hydrogen-bond donors (Lipinski definition) is 0. The van der Waals surface area contributed by atoms with Crippen molar-refractivity contribution < 1.29 is 24.0 Å². The summed E-state index contributed by atoms with van der Waals surface area (Å²) in [5, 5.41) is 0. The van der Waals surface area contributed by atoms with Gasteiger partial charge in [-0.15, -0.1) is 0 Å². The first-order valence-electron chi connectivity index (χ1n) is 8.55. The van der Waals surface area contributed by atoms with Gasteiger partial charge in [0, 0.05) is 40.0 Å². The van der Waals surface area contributed by atoms with Crippen molar-refractivity contribution in [2.24, 2.45) is 5.92 Å². The maximum Gasteiger partial charge on any atom is 0.410 e. The van der Waals surface area contributed by atoms with Crippen LogP contribution in [0.2, 0.25) is 0 Å². The Hall–Kier alpha value is -1.60. The molecule has 0 spiro atoms. The quantitative estimate of drug-likeness (QED) is 0.797. The summed E-state index contributed by atoms with van der Waals surface area (Å²) in [4.78, 5) is 15.0. The number of carbonyl (C=O) groups excluding carboxylic acids is 1. The highest BCUT2D eigenvalue weighted by Crippen LogP contribution is 2.34. The van der Waals surface area contributed by atoms with Gasteiger partial charge in [0.25, 0.3) is 0 Å². The van der Waals surface area contributed by atoms with Gasteiger partial charge in [0.05, 0.1) is 6.61 Å². The molecule has 2 atom stereocenters. The third-order valence-electron chi connectivity index (χ3n) is 4.21. The second kappa shape index (κ2) is 8.39. The Morgan fingerprint density at radius 3 is 2.35 bits per heavy atom. The van der Waals surface area contributed by atoms with Crippen molar-refractivity contribution in [3.63, 3.8) is 0 Å². The third kappa shape index (κ3) is 5.99. The lowest BCUT2D eigenvalue weighted by atomic mass is 9.97. The zero-order valence-corrected chi connectivity index (χ0v) is 17.3. The average Bonchev–Trinajstić information content (AvgIpc) is 2.78. The van der Waals surface area contributed by atoms with Gasteiger partial charge in [0.1, 0.15) is 11.4 Å². The van der Waals surface area contributed by atoms with E-state index in [1.807, 2.05) is 45.0 Å². The Balaban J connectivity index is 0.00000338. The number of likely N-dealkylation sites (tertiary alicyclic amines) is 1. The molecule has 0 aliphatic carbocycles. The highest BCUT2D eigenvalue weighted by Gasteiger charge is 2.43. The molecule has 1 saturated heterocycles. The molecule has 7 heteroatoms. The van der Waals surface area contributed by atoms with Crippen molar-refractivity contribution in [3.8, 4) is 5.75 Å². The van der Waals surface area contributed by atoms with Crippen LogP contribution in [0.15, 0.2) is 29.2 Å². The minimum Gasteiger partial charge on any atom is -0.493 e. The normalized spacial score (nSPS) is 20.2. The average molecular weight is 386 g/mol. The summed E-state index contributed by atoms with van der Waals surface area (Å²) >= 11 is 0. The van der Waals surface area contributed by atoms with Gasteiger partial charge in [-0.1, -0.05) is 0 Å². The number of carbonyl (C=O) groups is 1. The molecule has 0 saturated carbocycles. The van der Waals surface area contributed by atoms with Gasteiger partial charge in [-0.2, -0.15) is 0 Å². The van der Waals surface area contributed by atoms with Crippen molar-refractivity contribution in [2.75, 3.05) is 19.4 Å². The van der Waals surface area contributed by atoms with Crippen molar-refractivity contribution in [2.45, 2.75) is 57.1 Å². The third-order valence-corrected chi connectivity index (χ3v) is 5.15. The SMILES string of the molecule is CS(=O)c1ccc(OCC2CN(C(=O)OC(C)(C)C)C(C)(C)C2)cc1.O. The first-order valence-corrected chi connectivity index (χ1v) is 10.1. The Kier molecular flexibility index (Phi) is 7.24. The topological polar surface area (TPSA) is 87.3 Å². The van der Waals surface area contributed by atoms with Crippen LogP contribution in [0.4, 0.5) is 4.79 Å². The predicted molar refractivity (Wildman–Crippen MR) is 103 cm³/mol. The zero-order valence-electron chi connectivity index (χ0n) is 16.5. The molecule has 1 aromatic rings. The van der Waals surface area contributed by atoms with Crippen molar-refractivity contribution in [1.82, 2.24) is 4.90 Å².